The summed E-state index contributed by atoms with van der Waals surface area (Å²) >= 11 is 7.46. The predicted octanol–water partition coefficient (Wildman–Crippen LogP) is 3.44. The number of likely N-dealkylation sites (N-methyl/N-ethyl adjacent to an activating group) is 1. The number of carboxylic acid groups (broad SMARTS) is 1. The minimum atomic E-state index is -1.00. The van der Waals surface area contributed by atoms with Crippen molar-refractivity contribution in [2.24, 2.45) is 5.41 Å². The number of hydrogen-bond donors (Lipinski definition) is 4. The zero-order chi connectivity index (χ0) is 25.6. The van der Waals surface area contributed by atoms with E-state index in [1.807, 2.05) is 7.05 Å². The van der Waals surface area contributed by atoms with Crippen LogP contribution in [0, 0.1) is 5.41 Å². The highest BCUT2D eigenvalue weighted by molar-refractivity contribution is 7.13. The summed E-state index contributed by atoms with van der Waals surface area (Å²) < 4.78 is 0. The molecule has 3 heterocycles. The number of hydrogen-bond acceptors (Lipinski definition) is 6. The Morgan fingerprint density at radius 1 is 1.22 bits per heavy atom. The molecule has 5 rings (SSSR count). The number of rotatable bonds is 5. The van der Waals surface area contributed by atoms with Crippen LogP contribution in [0.3, 0.4) is 0 Å². The topological polar surface area (TPSA) is 127 Å². The fourth-order valence-electron chi connectivity index (χ4n) is 5.05. The van der Waals surface area contributed by atoms with Gasteiger partial charge in [0.05, 0.1) is 17.2 Å². The molecule has 0 saturated heterocycles. The van der Waals surface area contributed by atoms with Crippen LogP contribution in [-0.4, -0.2) is 63.4 Å². The Hall–Kier alpha value is -2.95. The molecule has 36 heavy (non-hydrogen) atoms. The molecular weight excluding hydrogens is 502 g/mol. The second-order valence-corrected chi connectivity index (χ2v) is 11.6. The zero-order valence-corrected chi connectivity index (χ0v) is 21.6. The molecule has 0 spiro atoms. The normalized spacial score (nSPS) is 24.3. The fraction of sp³-hybridized carbons (Fsp3) is 0.440. The number of carbonyl (C=O) groups is 3. The number of H-pyrrole nitrogens is 1. The first-order chi connectivity index (χ1) is 17.1. The van der Waals surface area contributed by atoms with Crippen LogP contribution in [0.25, 0.3) is 10.9 Å². The first-order valence-corrected chi connectivity index (χ1v) is 13.1. The Balaban J connectivity index is 1.35. The molecular formula is C25H28ClN5O4S. The number of nitrogens with zero attached hydrogens (tertiary/aromatic N) is 2. The SMILES string of the molecule is CN1CCc2nc(C(=O)N[C@H]3CC[C@@](C)(C(=O)O)C[C@H]3NC(=O)c3cc4cc(Cl)ccc4[nH]3)sc2C1. The van der Waals surface area contributed by atoms with Gasteiger partial charge in [0, 0.05) is 46.4 Å². The number of amides is 2. The van der Waals surface area contributed by atoms with E-state index in [4.69, 9.17) is 11.6 Å². The molecule has 190 valence electrons. The van der Waals surface area contributed by atoms with Crippen LogP contribution in [0.4, 0.5) is 0 Å². The number of aromatic amines is 1. The highest BCUT2D eigenvalue weighted by Crippen LogP contribution is 2.37. The second kappa shape index (κ2) is 9.49. The van der Waals surface area contributed by atoms with Crippen molar-refractivity contribution in [3.8, 4) is 0 Å². The minimum absolute atomic E-state index is 0.199. The molecule has 2 aliphatic rings. The number of thiazole rings is 1. The number of carboxylic acids is 1. The van der Waals surface area contributed by atoms with Gasteiger partial charge in [-0.3, -0.25) is 14.4 Å². The summed E-state index contributed by atoms with van der Waals surface area (Å²) in [5.41, 5.74) is 1.08. The van der Waals surface area contributed by atoms with E-state index in [2.05, 4.69) is 25.5 Å². The summed E-state index contributed by atoms with van der Waals surface area (Å²) in [7, 11) is 2.04. The van der Waals surface area contributed by atoms with Crippen molar-refractivity contribution in [3.63, 3.8) is 0 Å². The molecule has 0 unspecified atom stereocenters. The molecule has 4 N–H and O–H groups in total. The summed E-state index contributed by atoms with van der Waals surface area (Å²) in [5, 5.41) is 17.6. The largest absolute Gasteiger partial charge is 0.481 e. The van der Waals surface area contributed by atoms with Crippen LogP contribution in [-0.2, 0) is 17.8 Å². The Labute approximate surface area is 217 Å². The van der Waals surface area contributed by atoms with Gasteiger partial charge in [-0.15, -0.1) is 11.3 Å². The van der Waals surface area contributed by atoms with Crippen LogP contribution < -0.4 is 10.6 Å². The van der Waals surface area contributed by atoms with Crippen LogP contribution in [0.15, 0.2) is 24.3 Å². The molecule has 3 atom stereocenters. The predicted molar refractivity (Wildman–Crippen MR) is 138 cm³/mol. The number of aromatic nitrogens is 2. The van der Waals surface area contributed by atoms with Crippen molar-refractivity contribution in [2.45, 2.75) is 51.2 Å². The molecule has 11 heteroatoms. The number of nitrogens with one attached hydrogen (secondary N) is 3. The molecule has 0 radical (unpaired) electrons. The number of fused-ring (bicyclic) bond motifs is 2. The van der Waals surface area contributed by atoms with Gasteiger partial charge < -0.3 is 25.6 Å². The number of halogens is 1. The molecule has 1 aliphatic carbocycles. The quantitative estimate of drug-likeness (QED) is 0.401. The smallest absolute Gasteiger partial charge is 0.309 e. The first-order valence-electron chi connectivity index (χ1n) is 11.9. The van der Waals surface area contributed by atoms with E-state index in [0.717, 1.165) is 41.0 Å². The van der Waals surface area contributed by atoms with Gasteiger partial charge in [-0.25, -0.2) is 4.98 Å². The molecule has 1 saturated carbocycles. The third kappa shape index (κ3) is 4.85. The van der Waals surface area contributed by atoms with Gasteiger partial charge in [-0.2, -0.15) is 0 Å². The molecule has 1 fully saturated rings. The van der Waals surface area contributed by atoms with Crippen molar-refractivity contribution >= 4 is 51.6 Å². The number of carbonyl (C=O) groups excluding carboxylic acids is 2. The maximum Gasteiger partial charge on any atom is 0.309 e. The Kier molecular flexibility index (Phi) is 6.52. The standard InChI is InChI=1S/C25H28ClN5O4S/c1-25(24(34)35)7-5-16(28-22(33)23-30-17-6-8-31(2)12-20(17)36-23)19(11-25)29-21(32)18-10-13-9-14(26)3-4-15(13)27-18/h3-4,9-10,16,19,27H,5-8,11-12H2,1-2H3,(H,28,33)(H,29,32)(H,34,35)/t16-,19+,25+/m0/s1. The van der Waals surface area contributed by atoms with Crippen molar-refractivity contribution in [1.29, 1.82) is 0 Å². The number of benzene rings is 1. The molecule has 0 bridgehead atoms. The third-order valence-corrected chi connectivity index (χ3v) is 8.57. The van der Waals surface area contributed by atoms with Crippen molar-refractivity contribution in [1.82, 2.24) is 25.5 Å². The second-order valence-electron chi connectivity index (χ2n) is 10.1. The lowest BCUT2D eigenvalue weighted by Gasteiger charge is -2.40. The molecule has 1 aromatic carbocycles. The average Bonchev–Trinajstić information content (AvgIpc) is 3.44. The summed E-state index contributed by atoms with van der Waals surface area (Å²) in [6.07, 6.45) is 1.83. The van der Waals surface area contributed by atoms with Gasteiger partial charge in [0.15, 0.2) is 5.01 Å². The summed E-state index contributed by atoms with van der Waals surface area (Å²) in [6.45, 7) is 3.36. The van der Waals surface area contributed by atoms with Gasteiger partial charge in [0.25, 0.3) is 11.8 Å². The average molecular weight is 530 g/mol. The number of aliphatic carboxylic acids is 1. The van der Waals surface area contributed by atoms with Crippen LogP contribution in [0.2, 0.25) is 5.02 Å². The van der Waals surface area contributed by atoms with Crippen LogP contribution in [0.1, 0.15) is 57.0 Å². The Morgan fingerprint density at radius 3 is 2.78 bits per heavy atom. The van der Waals surface area contributed by atoms with Gasteiger partial charge in [0.1, 0.15) is 5.69 Å². The fourth-order valence-corrected chi connectivity index (χ4v) is 6.32. The van der Waals surface area contributed by atoms with Gasteiger partial charge in [0.2, 0.25) is 0 Å². The van der Waals surface area contributed by atoms with E-state index >= 15 is 0 Å². The minimum Gasteiger partial charge on any atom is -0.481 e. The van der Waals surface area contributed by atoms with Crippen LogP contribution in [0.5, 0.6) is 0 Å². The van der Waals surface area contributed by atoms with E-state index in [1.54, 1.807) is 31.2 Å². The zero-order valence-electron chi connectivity index (χ0n) is 20.1. The molecule has 2 aromatic heterocycles. The molecule has 1 aliphatic heterocycles. The maximum absolute atomic E-state index is 13.2. The lowest BCUT2D eigenvalue weighted by molar-refractivity contribution is -0.150. The summed E-state index contributed by atoms with van der Waals surface area (Å²) in [6, 6.07) is 6.02. The lowest BCUT2D eigenvalue weighted by atomic mass is 9.71. The van der Waals surface area contributed by atoms with E-state index in [0.29, 0.717) is 28.6 Å². The van der Waals surface area contributed by atoms with E-state index in [1.165, 1.54) is 11.3 Å². The van der Waals surface area contributed by atoms with Gasteiger partial charge in [-0.1, -0.05) is 11.6 Å². The first kappa shape index (κ1) is 24.7. The van der Waals surface area contributed by atoms with E-state index in [9.17, 15) is 19.5 Å². The molecule has 3 aromatic rings. The molecule has 2 amide bonds. The van der Waals surface area contributed by atoms with Gasteiger partial charge >= 0.3 is 5.97 Å². The van der Waals surface area contributed by atoms with E-state index < -0.39 is 23.5 Å². The van der Waals surface area contributed by atoms with Crippen LogP contribution >= 0.6 is 22.9 Å². The van der Waals surface area contributed by atoms with Crippen molar-refractivity contribution in [2.75, 3.05) is 13.6 Å². The summed E-state index contributed by atoms with van der Waals surface area (Å²) in [4.78, 5) is 49.2. The highest BCUT2D eigenvalue weighted by atomic mass is 35.5. The van der Waals surface area contributed by atoms with Crippen molar-refractivity contribution < 1.29 is 19.5 Å². The highest BCUT2D eigenvalue weighted by Gasteiger charge is 2.44. The Bertz CT molecular complexity index is 1350. The lowest BCUT2D eigenvalue weighted by Crippen LogP contribution is -2.57. The third-order valence-electron chi connectivity index (χ3n) is 7.26. The summed E-state index contributed by atoms with van der Waals surface area (Å²) in [5.74, 6) is -1.57. The van der Waals surface area contributed by atoms with Crippen molar-refractivity contribution in [3.05, 3.63) is 50.6 Å². The van der Waals surface area contributed by atoms with Gasteiger partial charge in [-0.05, 0) is 57.5 Å². The Morgan fingerprint density at radius 2 is 2.00 bits per heavy atom. The monoisotopic (exact) mass is 529 g/mol. The molecule has 9 nitrogen and oxygen atoms in total. The maximum atomic E-state index is 13.2. The van der Waals surface area contributed by atoms with E-state index in [-0.39, 0.29) is 18.2 Å².